The molecule has 3 heterocycles. The van der Waals surface area contributed by atoms with Crippen molar-refractivity contribution in [2.45, 2.75) is 51.5 Å². The van der Waals surface area contributed by atoms with Crippen LogP contribution in [0.2, 0.25) is 0 Å². The molecule has 0 radical (unpaired) electrons. The molecule has 2 aromatic heterocycles. The lowest BCUT2D eigenvalue weighted by Gasteiger charge is -2.35. The van der Waals surface area contributed by atoms with E-state index in [0.29, 0.717) is 12.5 Å². The summed E-state index contributed by atoms with van der Waals surface area (Å²) in [5, 5.41) is 10.3. The molecule has 1 aliphatic heterocycles. The van der Waals surface area contributed by atoms with Crippen LogP contribution in [0.1, 0.15) is 44.7 Å². The summed E-state index contributed by atoms with van der Waals surface area (Å²) in [7, 11) is 0. The zero-order valence-corrected chi connectivity index (χ0v) is 16.5. The second-order valence-electron chi connectivity index (χ2n) is 6.68. The van der Waals surface area contributed by atoms with E-state index in [-0.39, 0.29) is 5.91 Å². The molecule has 0 aromatic carbocycles. The molecule has 1 atom stereocenters. The van der Waals surface area contributed by atoms with Gasteiger partial charge in [0.15, 0.2) is 0 Å². The number of rotatable bonds is 8. The van der Waals surface area contributed by atoms with Crippen molar-refractivity contribution in [3.05, 3.63) is 27.9 Å². The van der Waals surface area contributed by atoms with Crippen molar-refractivity contribution < 1.29 is 4.79 Å². The van der Waals surface area contributed by atoms with Gasteiger partial charge in [-0.05, 0) is 43.8 Å². The molecule has 0 saturated carbocycles. The molecule has 4 nitrogen and oxygen atoms in total. The molecule has 0 aliphatic carbocycles. The average Bonchev–Trinajstić information content (AvgIpc) is 3.30. The molecule has 1 N–H and O–H groups in total. The second-order valence-corrected chi connectivity index (χ2v) is 8.31. The summed E-state index contributed by atoms with van der Waals surface area (Å²) in [5.74, 6) is 0.0863. The van der Waals surface area contributed by atoms with E-state index in [1.165, 1.54) is 38.6 Å². The van der Waals surface area contributed by atoms with Gasteiger partial charge in [-0.2, -0.15) is 11.3 Å². The minimum absolute atomic E-state index is 0.0863. The number of hydrogen-bond acceptors (Lipinski definition) is 5. The number of likely N-dealkylation sites (tertiary alicyclic amines) is 1. The molecular weight excluding hydrogens is 350 g/mol. The zero-order valence-electron chi connectivity index (χ0n) is 14.9. The number of carbonyl (C=O) groups excluding carboxylic acids is 1. The number of amides is 1. The summed E-state index contributed by atoms with van der Waals surface area (Å²) >= 11 is 3.28. The Bertz CT molecular complexity index is 653. The Morgan fingerprint density at radius 2 is 2.32 bits per heavy atom. The number of carbonyl (C=O) groups is 1. The Morgan fingerprint density at radius 3 is 3.12 bits per heavy atom. The van der Waals surface area contributed by atoms with Gasteiger partial charge in [0.1, 0.15) is 5.01 Å². The summed E-state index contributed by atoms with van der Waals surface area (Å²) in [6, 6.07) is 2.57. The molecule has 1 fully saturated rings. The number of aromatic nitrogens is 1. The monoisotopic (exact) mass is 377 g/mol. The third kappa shape index (κ3) is 5.36. The Labute approximate surface area is 158 Å². The van der Waals surface area contributed by atoms with Crippen LogP contribution in [-0.4, -0.2) is 41.5 Å². The molecule has 1 aliphatic rings. The summed E-state index contributed by atoms with van der Waals surface area (Å²) in [4.78, 5) is 19.5. The minimum Gasteiger partial charge on any atom is -0.354 e. The maximum atomic E-state index is 12.3. The van der Waals surface area contributed by atoms with Crippen molar-refractivity contribution in [2.75, 3.05) is 19.6 Å². The molecule has 1 amide bonds. The molecule has 2 aromatic rings. The van der Waals surface area contributed by atoms with Crippen LogP contribution in [-0.2, 0) is 11.2 Å². The van der Waals surface area contributed by atoms with Gasteiger partial charge in [0.25, 0.3) is 0 Å². The first-order valence-corrected chi connectivity index (χ1v) is 11.1. The molecule has 0 spiro atoms. The van der Waals surface area contributed by atoms with E-state index in [4.69, 9.17) is 0 Å². The maximum Gasteiger partial charge on any atom is 0.226 e. The van der Waals surface area contributed by atoms with Crippen LogP contribution >= 0.6 is 22.7 Å². The summed E-state index contributed by atoms with van der Waals surface area (Å²) in [6.07, 6.45) is 6.61. The lowest BCUT2D eigenvalue weighted by Crippen LogP contribution is -2.47. The van der Waals surface area contributed by atoms with Gasteiger partial charge >= 0.3 is 0 Å². The van der Waals surface area contributed by atoms with Crippen LogP contribution in [0.25, 0.3) is 10.6 Å². The van der Waals surface area contributed by atoms with Crippen molar-refractivity contribution in [3.8, 4) is 10.6 Å². The van der Waals surface area contributed by atoms with Gasteiger partial charge in [-0.1, -0.05) is 19.8 Å². The highest BCUT2D eigenvalue weighted by atomic mass is 32.1. The van der Waals surface area contributed by atoms with Crippen molar-refractivity contribution in [1.29, 1.82) is 0 Å². The smallest absolute Gasteiger partial charge is 0.226 e. The van der Waals surface area contributed by atoms with Crippen LogP contribution in [0.15, 0.2) is 22.2 Å². The Morgan fingerprint density at radius 1 is 1.40 bits per heavy atom. The van der Waals surface area contributed by atoms with E-state index in [1.54, 1.807) is 22.7 Å². The fourth-order valence-electron chi connectivity index (χ4n) is 3.31. The van der Waals surface area contributed by atoms with E-state index in [1.807, 2.05) is 5.38 Å². The lowest BCUT2D eigenvalue weighted by molar-refractivity contribution is -0.120. The van der Waals surface area contributed by atoms with Gasteiger partial charge in [0, 0.05) is 28.9 Å². The first-order valence-electron chi connectivity index (χ1n) is 9.24. The number of thiazole rings is 1. The largest absolute Gasteiger partial charge is 0.354 e. The number of thiophene rings is 1. The van der Waals surface area contributed by atoms with Crippen molar-refractivity contribution in [2.24, 2.45) is 0 Å². The minimum atomic E-state index is 0.0863. The number of unbranched alkanes of at least 4 members (excludes halogenated alkanes) is 1. The highest BCUT2D eigenvalue weighted by Gasteiger charge is 2.22. The summed E-state index contributed by atoms with van der Waals surface area (Å²) in [6.45, 7) is 5.34. The summed E-state index contributed by atoms with van der Waals surface area (Å²) < 4.78 is 0. The zero-order chi connectivity index (χ0) is 17.5. The SMILES string of the molecule is CCCCN1CCCCC1CNC(=O)Cc1csc(-c2ccsc2)n1. The topological polar surface area (TPSA) is 45.2 Å². The predicted octanol–water partition coefficient (Wildman–Crippen LogP) is 4.18. The Balaban J connectivity index is 1.47. The van der Waals surface area contributed by atoms with Crippen molar-refractivity contribution in [1.82, 2.24) is 15.2 Å². The third-order valence-electron chi connectivity index (χ3n) is 4.74. The number of nitrogens with one attached hydrogen (secondary N) is 1. The molecule has 136 valence electrons. The first-order chi connectivity index (χ1) is 12.3. The Hall–Kier alpha value is -1.24. The molecule has 6 heteroatoms. The number of piperidine rings is 1. The highest BCUT2D eigenvalue weighted by Crippen LogP contribution is 2.25. The van der Waals surface area contributed by atoms with Gasteiger partial charge in [-0.3, -0.25) is 9.69 Å². The van der Waals surface area contributed by atoms with Gasteiger partial charge in [-0.25, -0.2) is 4.98 Å². The molecule has 25 heavy (non-hydrogen) atoms. The lowest BCUT2D eigenvalue weighted by atomic mass is 10.0. The Kier molecular flexibility index (Phi) is 7.02. The van der Waals surface area contributed by atoms with Gasteiger partial charge in [0.2, 0.25) is 5.91 Å². The predicted molar refractivity (Wildman–Crippen MR) is 106 cm³/mol. The van der Waals surface area contributed by atoms with E-state index < -0.39 is 0 Å². The van der Waals surface area contributed by atoms with Crippen LogP contribution in [0.4, 0.5) is 0 Å². The molecule has 3 rings (SSSR count). The van der Waals surface area contributed by atoms with Crippen molar-refractivity contribution in [3.63, 3.8) is 0 Å². The molecule has 1 saturated heterocycles. The molecular formula is C19H27N3OS2. The average molecular weight is 378 g/mol. The second kappa shape index (κ2) is 9.46. The van der Waals surface area contributed by atoms with Crippen molar-refractivity contribution >= 4 is 28.6 Å². The molecule has 0 bridgehead atoms. The highest BCUT2D eigenvalue weighted by molar-refractivity contribution is 7.14. The van der Waals surface area contributed by atoms with E-state index in [0.717, 1.165) is 29.4 Å². The standard InChI is InChI=1S/C19H27N3OS2/c1-2-3-8-22-9-5-4-6-17(22)12-20-18(23)11-16-14-25-19(21-16)15-7-10-24-13-15/h7,10,13-14,17H,2-6,8-9,11-12H2,1H3,(H,20,23). The number of nitrogens with zero attached hydrogens (tertiary/aromatic N) is 2. The van der Waals surface area contributed by atoms with Crippen LogP contribution < -0.4 is 5.32 Å². The van der Waals surface area contributed by atoms with Crippen LogP contribution in [0.3, 0.4) is 0 Å². The maximum absolute atomic E-state index is 12.3. The van der Waals surface area contributed by atoms with E-state index in [9.17, 15) is 4.79 Å². The van der Waals surface area contributed by atoms with E-state index in [2.05, 4.69) is 39.0 Å². The van der Waals surface area contributed by atoms with E-state index >= 15 is 0 Å². The van der Waals surface area contributed by atoms with Gasteiger partial charge in [0.05, 0.1) is 12.1 Å². The quantitative estimate of drug-likeness (QED) is 0.750. The first kappa shape index (κ1) is 18.5. The normalized spacial score (nSPS) is 18.4. The van der Waals surface area contributed by atoms with Gasteiger partial charge in [-0.15, -0.1) is 11.3 Å². The third-order valence-corrected chi connectivity index (χ3v) is 6.37. The van der Waals surface area contributed by atoms with Gasteiger partial charge < -0.3 is 5.32 Å². The van der Waals surface area contributed by atoms with Crippen LogP contribution in [0, 0.1) is 0 Å². The fourth-order valence-corrected chi connectivity index (χ4v) is 4.84. The molecule has 1 unspecified atom stereocenters. The fraction of sp³-hybridized carbons (Fsp3) is 0.579. The van der Waals surface area contributed by atoms with Crippen LogP contribution in [0.5, 0.6) is 0 Å². The number of hydrogen-bond donors (Lipinski definition) is 1. The summed E-state index contributed by atoms with van der Waals surface area (Å²) in [5.41, 5.74) is 2.02.